The molecule has 1 saturated heterocycles. The Hall–Kier alpha value is -1.20. The van der Waals surface area contributed by atoms with Crippen LogP contribution in [0.4, 0.5) is 0 Å². The Morgan fingerprint density at radius 2 is 2.13 bits per heavy atom. The minimum Gasteiger partial charge on any atom is -0.375 e. The highest BCUT2D eigenvalue weighted by Gasteiger charge is 2.29. The van der Waals surface area contributed by atoms with E-state index in [1.54, 1.807) is 0 Å². The Morgan fingerprint density at radius 1 is 1.30 bits per heavy atom. The van der Waals surface area contributed by atoms with Crippen molar-refractivity contribution < 1.29 is 4.74 Å². The van der Waals surface area contributed by atoms with Gasteiger partial charge in [0, 0.05) is 17.8 Å². The highest BCUT2D eigenvalue weighted by atomic mass is 32.2. The van der Waals surface area contributed by atoms with Crippen LogP contribution in [0.25, 0.3) is 0 Å². The number of thioether (sulfide) groups is 1. The molecule has 1 unspecified atom stereocenters. The van der Waals surface area contributed by atoms with Crippen molar-refractivity contribution >= 4 is 17.7 Å². The van der Waals surface area contributed by atoms with E-state index in [2.05, 4.69) is 36.6 Å². The molecule has 0 radical (unpaired) electrons. The predicted molar refractivity (Wildman–Crippen MR) is 100 cm³/mol. The van der Waals surface area contributed by atoms with Crippen molar-refractivity contribution in [1.29, 1.82) is 0 Å². The lowest BCUT2D eigenvalue weighted by Gasteiger charge is -2.21. The van der Waals surface area contributed by atoms with Gasteiger partial charge < -0.3 is 15.4 Å². The van der Waals surface area contributed by atoms with Crippen LogP contribution in [0.1, 0.15) is 32.3 Å². The van der Waals surface area contributed by atoms with Crippen LogP contribution in [-0.2, 0) is 11.3 Å². The molecule has 0 bridgehead atoms. The Bertz CT molecular complexity index is 472. The van der Waals surface area contributed by atoms with Crippen LogP contribution in [0.3, 0.4) is 0 Å². The second-order valence-electron chi connectivity index (χ2n) is 6.06. The number of nitrogens with one attached hydrogen (secondary N) is 2. The molecule has 1 aromatic carbocycles. The van der Waals surface area contributed by atoms with E-state index >= 15 is 0 Å². The van der Waals surface area contributed by atoms with Crippen LogP contribution in [0.2, 0.25) is 0 Å². The maximum atomic E-state index is 5.70. The summed E-state index contributed by atoms with van der Waals surface area (Å²) in [5, 5.41) is 6.66. The molecule has 2 rings (SSSR count). The molecule has 23 heavy (non-hydrogen) atoms. The average molecular weight is 336 g/mol. The molecule has 5 heteroatoms. The maximum Gasteiger partial charge on any atom is 0.191 e. The predicted octanol–water partition coefficient (Wildman–Crippen LogP) is 3.04. The number of hydrogen-bond acceptors (Lipinski definition) is 3. The monoisotopic (exact) mass is 335 g/mol. The molecule has 0 amide bonds. The third kappa shape index (κ3) is 6.83. The number of aliphatic imine (C=N–C) groups is 1. The zero-order valence-corrected chi connectivity index (χ0v) is 15.1. The highest BCUT2D eigenvalue weighted by Crippen LogP contribution is 2.37. The molecule has 0 saturated carbocycles. The average Bonchev–Trinajstić information content (AvgIpc) is 3.00. The number of ether oxygens (including phenoxy) is 1. The number of guanidine groups is 1. The number of nitrogens with zero attached hydrogens (tertiary/aromatic N) is 1. The highest BCUT2D eigenvalue weighted by molar-refractivity contribution is 8.00. The molecule has 4 nitrogen and oxygen atoms in total. The third-order valence-electron chi connectivity index (χ3n) is 3.87. The van der Waals surface area contributed by atoms with Gasteiger partial charge in [-0.2, -0.15) is 11.8 Å². The van der Waals surface area contributed by atoms with Crippen molar-refractivity contribution in [3.63, 3.8) is 0 Å². The summed E-state index contributed by atoms with van der Waals surface area (Å²) in [6, 6.07) is 10.3. The van der Waals surface area contributed by atoms with Crippen LogP contribution in [0.15, 0.2) is 35.3 Å². The first-order chi connectivity index (χ1) is 11.2. The zero-order chi connectivity index (χ0) is 16.4. The van der Waals surface area contributed by atoms with E-state index in [0.29, 0.717) is 18.0 Å². The molecule has 2 N–H and O–H groups in total. The van der Waals surface area contributed by atoms with Crippen LogP contribution >= 0.6 is 11.8 Å². The van der Waals surface area contributed by atoms with E-state index in [-0.39, 0.29) is 0 Å². The molecule has 1 aliphatic rings. The molecule has 0 aromatic heterocycles. The smallest absolute Gasteiger partial charge is 0.191 e. The normalized spacial score (nSPS) is 21.4. The Morgan fingerprint density at radius 3 is 2.83 bits per heavy atom. The lowest BCUT2D eigenvalue weighted by atomic mass is 10.1. The van der Waals surface area contributed by atoms with Crippen molar-refractivity contribution in [2.24, 2.45) is 4.99 Å². The Labute approximate surface area is 144 Å². The van der Waals surface area contributed by atoms with Crippen molar-refractivity contribution in [2.75, 3.05) is 32.0 Å². The van der Waals surface area contributed by atoms with Gasteiger partial charge in [-0.3, -0.25) is 4.99 Å². The molecule has 1 fully saturated rings. The zero-order valence-electron chi connectivity index (χ0n) is 14.3. The molecule has 1 aromatic rings. The summed E-state index contributed by atoms with van der Waals surface area (Å²) in [5.74, 6) is 2.16. The lowest BCUT2D eigenvalue weighted by molar-refractivity contribution is 0.125. The van der Waals surface area contributed by atoms with Crippen molar-refractivity contribution in [3.8, 4) is 0 Å². The van der Waals surface area contributed by atoms with Crippen LogP contribution in [-0.4, -0.2) is 42.7 Å². The first-order valence-corrected chi connectivity index (χ1v) is 9.48. The summed E-state index contributed by atoms with van der Waals surface area (Å²) in [5.41, 5.74) is 1.21. The van der Waals surface area contributed by atoms with Crippen molar-refractivity contribution in [3.05, 3.63) is 35.9 Å². The fourth-order valence-corrected chi connectivity index (χ4v) is 3.78. The van der Waals surface area contributed by atoms with Gasteiger partial charge in [0.2, 0.25) is 0 Å². The summed E-state index contributed by atoms with van der Waals surface area (Å²) in [4.78, 5) is 4.74. The summed E-state index contributed by atoms with van der Waals surface area (Å²) in [6.45, 7) is 8.26. The Balaban J connectivity index is 1.67. The summed E-state index contributed by atoms with van der Waals surface area (Å²) >= 11 is 2.05. The quantitative estimate of drug-likeness (QED) is 0.435. The van der Waals surface area contributed by atoms with Gasteiger partial charge >= 0.3 is 0 Å². The van der Waals surface area contributed by atoms with Gasteiger partial charge in [0.05, 0.1) is 19.8 Å². The molecule has 1 aliphatic heterocycles. The minimum absolute atomic E-state index is 0.312. The fourth-order valence-electron chi connectivity index (χ4n) is 2.56. The largest absolute Gasteiger partial charge is 0.375 e. The van der Waals surface area contributed by atoms with Gasteiger partial charge in [-0.1, -0.05) is 30.3 Å². The molecular weight excluding hydrogens is 306 g/mol. The van der Waals surface area contributed by atoms with Crippen molar-refractivity contribution in [2.45, 2.75) is 38.0 Å². The molecule has 0 spiro atoms. The second-order valence-corrected chi connectivity index (χ2v) is 7.74. The summed E-state index contributed by atoms with van der Waals surface area (Å²) in [6.07, 6.45) is 2.58. The first-order valence-electron chi connectivity index (χ1n) is 8.50. The maximum absolute atomic E-state index is 5.70. The molecule has 1 heterocycles. The standard InChI is InChI=1S/C18H29N3OS/c1-3-19-17(21-15-18(2)10-7-13-23-18)20-11-12-22-14-16-8-5-4-6-9-16/h4-6,8-9H,3,7,10-15H2,1-2H3,(H2,19,20,21). The van der Waals surface area contributed by atoms with Gasteiger partial charge in [-0.15, -0.1) is 0 Å². The van der Waals surface area contributed by atoms with Gasteiger partial charge in [0.15, 0.2) is 5.96 Å². The first kappa shape index (κ1) is 18.1. The van der Waals surface area contributed by atoms with E-state index in [1.807, 2.05) is 30.0 Å². The topological polar surface area (TPSA) is 45.7 Å². The van der Waals surface area contributed by atoms with Crippen molar-refractivity contribution in [1.82, 2.24) is 10.6 Å². The number of hydrogen-bond donors (Lipinski definition) is 2. The molecular formula is C18H29N3OS. The van der Waals surface area contributed by atoms with E-state index in [9.17, 15) is 0 Å². The van der Waals surface area contributed by atoms with Gasteiger partial charge in [-0.05, 0) is 38.0 Å². The van der Waals surface area contributed by atoms with E-state index in [4.69, 9.17) is 9.73 Å². The van der Waals surface area contributed by atoms with Crippen LogP contribution in [0, 0.1) is 0 Å². The minimum atomic E-state index is 0.312. The van der Waals surface area contributed by atoms with Crippen LogP contribution in [0.5, 0.6) is 0 Å². The van der Waals surface area contributed by atoms with E-state index in [1.165, 1.54) is 24.2 Å². The van der Waals surface area contributed by atoms with Gasteiger partial charge in [0.25, 0.3) is 0 Å². The van der Waals surface area contributed by atoms with Gasteiger partial charge in [-0.25, -0.2) is 0 Å². The van der Waals surface area contributed by atoms with Crippen LogP contribution < -0.4 is 10.6 Å². The second kappa shape index (κ2) is 9.83. The number of rotatable bonds is 8. The Kier molecular flexibility index (Phi) is 7.76. The molecule has 1 atom stereocenters. The fraction of sp³-hybridized carbons (Fsp3) is 0.611. The third-order valence-corrected chi connectivity index (χ3v) is 5.39. The number of benzene rings is 1. The van der Waals surface area contributed by atoms with E-state index in [0.717, 1.165) is 25.6 Å². The molecule has 128 valence electrons. The molecule has 0 aliphatic carbocycles. The SMILES string of the molecule is CCNC(=NCC1(C)CCCS1)NCCOCc1ccccc1. The lowest BCUT2D eigenvalue weighted by Crippen LogP contribution is -2.40. The summed E-state index contributed by atoms with van der Waals surface area (Å²) in [7, 11) is 0. The van der Waals surface area contributed by atoms with Gasteiger partial charge in [0.1, 0.15) is 0 Å². The van der Waals surface area contributed by atoms with E-state index < -0.39 is 0 Å². The summed E-state index contributed by atoms with van der Waals surface area (Å²) < 4.78 is 6.01.